The summed E-state index contributed by atoms with van der Waals surface area (Å²) in [5.41, 5.74) is 3.54. The van der Waals surface area contributed by atoms with Crippen LogP contribution in [0, 0.1) is 5.92 Å². The molecule has 0 radical (unpaired) electrons. The van der Waals surface area contributed by atoms with Gasteiger partial charge in [-0.15, -0.1) is 0 Å². The molecule has 5 rings (SSSR count). The standard InChI is InChI=1S/C38H42N4O8S/c1-8-20(2)31(36(45)42-38-41-32(37(46)50-7)35(51-38)22-12-10-9-11-13-22)40-27-17-15-24-25(19-28(27)44)26(39-21(3)43)16-14-23-18-29(47-4)33(48-5)34(49-6)30(23)24/h9-13,15,17-20,26,31H,8,14,16H2,1-7H3,(H,39,43)(H,40,44)(H,41,42,45). The van der Waals surface area contributed by atoms with Crippen LogP contribution < -0.4 is 35.6 Å². The van der Waals surface area contributed by atoms with Crippen molar-refractivity contribution < 1.29 is 33.3 Å². The summed E-state index contributed by atoms with van der Waals surface area (Å²) in [6, 6.07) is 14.7. The zero-order valence-corrected chi connectivity index (χ0v) is 30.5. The average Bonchev–Trinajstić information content (AvgIpc) is 3.42. The van der Waals surface area contributed by atoms with Gasteiger partial charge >= 0.3 is 5.97 Å². The van der Waals surface area contributed by atoms with Crippen LogP contribution in [0.15, 0.2) is 59.4 Å². The van der Waals surface area contributed by atoms with Gasteiger partial charge in [-0.3, -0.25) is 14.4 Å². The first-order valence-corrected chi connectivity index (χ1v) is 17.4. The number of thiazole rings is 1. The predicted octanol–water partition coefficient (Wildman–Crippen LogP) is 6.24. The second-order valence-electron chi connectivity index (χ2n) is 12.1. The zero-order valence-electron chi connectivity index (χ0n) is 29.7. The van der Waals surface area contributed by atoms with Gasteiger partial charge in [-0.2, -0.15) is 0 Å². The van der Waals surface area contributed by atoms with E-state index >= 15 is 0 Å². The van der Waals surface area contributed by atoms with E-state index in [0.29, 0.717) is 52.5 Å². The summed E-state index contributed by atoms with van der Waals surface area (Å²) in [4.78, 5) is 57.9. The highest BCUT2D eigenvalue weighted by atomic mass is 32.1. The second kappa shape index (κ2) is 16.1. The molecule has 3 aromatic carbocycles. The Morgan fingerprint density at radius 2 is 1.71 bits per heavy atom. The molecule has 1 aliphatic carbocycles. The molecule has 0 saturated heterocycles. The van der Waals surface area contributed by atoms with E-state index in [1.54, 1.807) is 19.2 Å². The lowest BCUT2D eigenvalue weighted by Gasteiger charge is -2.23. The van der Waals surface area contributed by atoms with Crippen molar-refractivity contribution in [3.05, 3.63) is 81.6 Å². The van der Waals surface area contributed by atoms with Gasteiger partial charge in [0.05, 0.1) is 45.0 Å². The number of nitrogens with zero attached hydrogens (tertiary/aromatic N) is 1. The van der Waals surface area contributed by atoms with Crippen LogP contribution in [0.2, 0.25) is 0 Å². The first kappa shape index (κ1) is 36.8. The number of ether oxygens (including phenoxy) is 4. The van der Waals surface area contributed by atoms with E-state index in [-0.39, 0.29) is 33.8 Å². The molecule has 0 fully saturated rings. The van der Waals surface area contributed by atoms with Gasteiger partial charge in [0.15, 0.2) is 22.3 Å². The molecule has 0 aliphatic heterocycles. The lowest BCUT2D eigenvalue weighted by molar-refractivity contribution is -0.120. The number of methoxy groups -OCH3 is 4. The zero-order chi connectivity index (χ0) is 36.8. The Balaban J connectivity index is 1.57. The Morgan fingerprint density at radius 1 is 0.980 bits per heavy atom. The van der Waals surface area contributed by atoms with Gasteiger partial charge in [-0.05, 0) is 59.2 Å². The molecule has 3 unspecified atom stereocenters. The molecule has 1 heterocycles. The van der Waals surface area contributed by atoms with Crippen molar-refractivity contribution in [1.29, 1.82) is 0 Å². The summed E-state index contributed by atoms with van der Waals surface area (Å²) in [5.74, 6) is -0.174. The van der Waals surface area contributed by atoms with E-state index in [1.807, 2.05) is 50.2 Å². The van der Waals surface area contributed by atoms with Crippen molar-refractivity contribution in [2.45, 2.75) is 52.1 Å². The lowest BCUT2D eigenvalue weighted by Crippen LogP contribution is -2.40. The van der Waals surface area contributed by atoms with Crippen LogP contribution in [0.3, 0.4) is 0 Å². The highest BCUT2D eigenvalue weighted by molar-refractivity contribution is 7.19. The number of aryl methyl sites for hydroxylation is 1. The highest BCUT2D eigenvalue weighted by Gasteiger charge is 2.31. The Bertz CT molecular complexity index is 2000. The number of fused-ring (bicyclic) bond motifs is 3. The van der Waals surface area contributed by atoms with Gasteiger partial charge in [0.2, 0.25) is 23.0 Å². The number of nitrogens with one attached hydrogen (secondary N) is 3. The Morgan fingerprint density at radius 3 is 2.33 bits per heavy atom. The molecule has 3 N–H and O–H groups in total. The molecular formula is C38H42N4O8S. The number of rotatable bonds is 12. The first-order valence-electron chi connectivity index (χ1n) is 16.5. The van der Waals surface area contributed by atoms with E-state index in [2.05, 4.69) is 20.9 Å². The van der Waals surface area contributed by atoms with Crippen LogP contribution in [0.25, 0.3) is 21.6 Å². The number of hydrogen-bond acceptors (Lipinski definition) is 11. The van der Waals surface area contributed by atoms with Crippen molar-refractivity contribution in [2.75, 3.05) is 39.1 Å². The number of carbonyl (C=O) groups excluding carboxylic acids is 3. The van der Waals surface area contributed by atoms with E-state index in [4.69, 9.17) is 18.9 Å². The van der Waals surface area contributed by atoms with E-state index in [0.717, 1.165) is 28.0 Å². The fourth-order valence-corrected chi connectivity index (χ4v) is 7.23. The second-order valence-corrected chi connectivity index (χ2v) is 13.1. The third kappa shape index (κ3) is 7.68. The summed E-state index contributed by atoms with van der Waals surface area (Å²) in [5, 5.41) is 9.30. The molecule has 12 nitrogen and oxygen atoms in total. The van der Waals surface area contributed by atoms with Crippen molar-refractivity contribution in [1.82, 2.24) is 10.3 Å². The van der Waals surface area contributed by atoms with Crippen molar-refractivity contribution in [3.8, 4) is 38.8 Å². The Kier molecular flexibility index (Phi) is 11.6. The first-order chi connectivity index (χ1) is 24.5. The number of benzene rings is 2. The smallest absolute Gasteiger partial charge is 0.358 e. The number of esters is 1. The molecule has 13 heteroatoms. The minimum absolute atomic E-state index is 0.0918. The lowest BCUT2D eigenvalue weighted by atomic mass is 9.95. The maximum Gasteiger partial charge on any atom is 0.358 e. The summed E-state index contributed by atoms with van der Waals surface area (Å²) >= 11 is 1.16. The maximum absolute atomic E-state index is 14.0. The summed E-state index contributed by atoms with van der Waals surface area (Å²) in [6.45, 7) is 5.30. The molecule has 51 heavy (non-hydrogen) atoms. The molecule has 1 aromatic heterocycles. The molecule has 0 bridgehead atoms. The van der Waals surface area contributed by atoms with Crippen LogP contribution >= 0.6 is 11.3 Å². The van der Waals surface area contributed by atoms with Crippen molar-refractivity contribution in [2.24, 2.45) is 5.92 Å². The Hall–Kier alpha value is -5.43. The van der Waals surface area contributed by atoms with Crippen molar-refractivity contribution in [3.63, 3.8) is 0 Å². The molecule has 1 aliphatic rings. The van der Waals surface area contributed by atoms with E-state index in [9.17, 15) is 19.2 Å². The maximum atomic E-state index is 14.0. The van der Waals surface area contributed by atoms with Gasteiger partial charge < -0.3 is 34.9 Å². The molecule has 0 saturated carbocycles. The highest BCUT2D eigenvalue weighted by Crippen LogP contribution is 2.50. The van der Waals surface area contributed by atoms with Gasteiger partial charge in [0.25, 0.3) is 0 Å². The third-order valence-electron chi connectivity index (χ3n) is 8.99. The number of hydrogen-bond donors (Lipinski definition) is 3. The predicted molar refractivity (Wildman–Crippen MR) is 197 cm³/mol. The topological polar surface area (TPSA) is 154 Å². The quantitative estimate of drug-likeness (QED) is 0.144. The van der Waals surface area contributed by atoms with Crippen LogP contribution in [-0.2, 0) is 20.7 Å². The number of aromatic nitrogens is 1. The van der Waals surface area contributed by atoms with Gasteiger partial charge in [0.1, 0.15) is 6.04 Å². The molecule has 3 atom stereocenters. The van der Waals surface area contributed by atoms with Crippen LogP contribution in [0.5, 0.6) is 17.2 Å². The third-order valence-corrected chi connectivity index (χ3v) is 10.0. The number of anilines is 2. The summed E-state index contributed by atoms with van der Waals surface area (Å²) in [6.07, 6.45) is 1.69. The Labute approximate surface area is 300 Å². The molecule has 2 amide bonds. The normalized spacial score (nSPS) is 14.5. The monoisotopic (exact) mass is 714 g/mol. The fourth-order valence-electron chi connectivity index (χ4n) is 6.27. The average molecular weight is 715 g/mol. The summed E-state index contributed by atoms with van der Waals surface area (Å²) in [7, 11) is 5.89. The van der Waals surface area contributed by atoms with Crippen LogP contribution in [0.4, 0.5) is 10.8 Å². The molecule has 0 spiro atoms. The minimum Gasteiger partial charge on any atom is -0.493 e. The molecule has 4 aromatic rings. The number of amides is 2. The molecular weight excluding hydrogens is 673 g/mol. The SMILES string of the molecule is CCC(C)C(Nc1ccc2c(cc1=O)C(NC(C)=O)CCc1cc(OC)c(OC)c(OC)c1-2)C(=O)Nc1nc(C(=O)OC)c(-c2ccccc2)s1. The van der Waals surface area contributed by atoms with Crippen LogP contribution in [0.1, 0.15) is 61.3 Å². The fraction of sp³-hybridized carbons (Fsp3) is 0.342. The van der Waals surface area contributed by atoms with Gasteiger partial charge in [0, 0.05) is 12.5 Å². The summed E-state index contributed by atoms with van der Waals surface area (Å²) < 4.78 is 22.2. The largest absolute Gasteiger partial charge is 0.493 e. The van der Waals surface area contributed by atoms with Crippen molar-refractivity contribution >= 4 is 39.9 Å². The van der Waals surface area contributed by atoms with E-state index < -0.39 is 24.0 Å². The van der Waals surface area contributed by atoms with E-state index in [1.165, 1.54) is 34.3 Å². The van der Waals surface area contributed by atoms with Crippen LogP contribution in [-0.4, -0.2) is 57.2 Å². The minimum atomic E-state index is -0.854. The number of carbonyl (C=O) groups is 3. The van der Waals surface area contributed by atoms with Gasteiger partial charge in [-0.1, -0.05) is 68.0 Å². The molecule has 268 valence electrons. The van der Waals surface area contributed by atoms with Gasteiger partial charge in [-0.25, -0.2) is 9.78 Å².